The predicted octanol–water partition coefficient (Wildman–Crippen LogP) is 3.96. The van der Waals surface area contributed by atoms with Crippen molar-refractivity contribution < 1.29 is 0 Å². The molecule has 0 aliphatic rings. The molecule has 8 heteroatoms. The highest BCUT2D eigenvalue weighted by molar-refractivity contribution is 7.13. The van der Waals surface area contributed by atoms with Crippen molar-refractivity contribution in [2.75, 3.05) is 16.4 Å². The molecule has 0 radical (unpaired) electrons. The maximum atomic E-state index is 6.13. The Labute approximate surface area is 136 Å². The molecule has 0 bridgehead atoms. The summed E-state index contributed by atoms with van der Waals surface area (Å²) in [5.74, 6) is 1.02. The van der Waals surface area contributed by atoms with Crippen LogP contribution in [0.15, 0.2) is 36.1 Å². The van der Waals surface area contributed by atoms with E-state index in [1.165, 1.54) is 17.7 Å². The minimum Gasteiger partial charge on any atom is -0.393 e. The molecule has 22 heavy (non-hydrogen) atoms. The minimum atomic E-state index is 0.414. The van der Waals surface area contributed by atoms with Crippen LogP contribution in [0.1, 0.15) is 5.56 Å². The van der Waals surface area contributed by atoms with Crippen molar-refractivity contribution in [1.29, 1.82) is 0 Å². The summed E-state index contributed by atoms with van der Waals surface area (Å²) in [5.41, 5.74) is 8.32. The summed E-state index contributed by atoms with van der Waals surface area (Å²) in [6, 6.07) is 5.61. The SMILES string of the molecule is Cc1c(Cl)cccc1Nc1ncnc(Nc2nccs2)c1N. The largest absolute Gasteiger partial charge is 0.393 e. The normalized spacial score (nSPS) is 10.5. The second-order valence-electron chi connectivity index (χ2n) is 4.48. The van der Waals surface area contributed by atoms with Gasteiger partial charge in [0, 0.05) is 22.3 Å². The third-order valence-corrected chi connectivity index (χ3v) is 4.16. The highest BCUT2D eigenvalue weighted by Gasteiger charge is 2.11. The van der Waals surface area contributed by atoms with E-state index in [0.717, 1.165) is 16.4 Å². The summed E-state index contributed by atoms with van der Waals surface area (Å²) in [7, 11) is 0. The first-order chi connectivity index (χ1) is 10.6. The van der Waals surface area contributed by atoms with Crippen LogP contribution in [0.3, 0.4) is 0 Å². The Kier molecular flexibility index (Phi) is 4.08. The molecule has 4 N–H and O–H groups in total. The van der Waals surface area contributed by atoms with Crippen molar-refractivity contribution in [3.63, 3.8) is 0 Å². The summed E-state index contributed by atoms with van der Waals surface area (Å²) in [5, 5.41) is 9.52. The van der Waals surface area contributed by atoms with Gasteiger partial charge < -0.3 is 16.4 Å². The smallest absolute Gasteiger partial charge is 0.188 e. The molecule has 0 unspecified atom stereocenters. The lowest BCUT2D eigenvalue weighted by Gasteiger charge is -2.13. The summed E-state index contributed by atoms with van der Waals surface area (Å²) >= 11 is 7.59. The first-order valence-corrected chi connectivity index (χ1v) is 7.70. The molecule has 0 fully saturated rings. The number of nitrogens with one attached hydrogen (secondary N) is 2. The van der Waals surface area contributed by atoms with Gasteiger partial charge in [0.2, 0.25) is 0 Å². The molecule has 1 aromatic carbocycles. The standard InChI is InChI=1S/C14H13ClN6S/c1-8-9(15)3-2-4-10(8)20-12-11(16)13(19-7-18-12)21-14-17-5-6-22-14/h2-7H,16H2,1H3,(H2,17,18,19,20,21). The minimum absolute atomic E-state index is 0.414. The van der Waals surface area contributed by atoms with Crippen LogP contribution in [0.5, 0.6) is 0 Å². The molecule has 0 aliphatic heterocycles. The Hall–Kier alpha value is -2.38. The second-order valence-corrected chi connectivity index (χ2v) is 5.79. The molecule has 0 saturated heterocycles. The van der Waals surface area contributed by atoms with Gasteiger partial charge in [-0.2, -0.15) is 0 Å². The number of halogens is 1. The Bertz CT molecular complexity index is 790. The molecule has 6 nitrogen and oxygen atoms in total. The number of nitrogens with two attached hydrogens (primary N) is 1. The lowest BCUT2D eigenvalue weighted by molar-refractivity contribution is 1.17. The van der Waals surface area contributed by atoms with Gasteiger partial charge in [0.1, 0.15) is 12.0 Å². The van der Waals surface area contributed by atoms with Gasteiger partial charge in [0.05, 0.1) is 0 Å². The number of thiazole rings is 1. The first-order valence-electron chi connectivity index (χ1n) is 6.44. The van der Waals surface area contributed by atoms with Crippen molar-refractivity contribution in [2.24, 2.45) is 0 Å². The molecular formula is C14H13ClN6S. The third kappa shape index (κ3) is 2.95. The van der Waals surface area contributed by atoms with Gasteiger partial charge in [-0.15, -0.1) is 11.3 Å². The van der Waals surface area contributed by atoms with E-state index in [0.29, 0.717) is 22.3 Å². The topological polar surface area (TPSA) is 88.8 Å². The van der Waals surface area contributed by atoms with Gasteiger partial charge in [-0.05, 0) is 24.6 Å². The number of hydrogen-bond donors (Lipinski definition) is 3. The van der Waals surface area contributed by atoms with E-state index in [4.69, 9.17) is 17.3 Å². The molecular weight excluding hydrogens is 320 g/mol. The van der Waals surface area contributed by atoms with Crippen LogP contribution in [0.25, 0.3) is 0 Å². The van der Waals surface area contributed by atoms with Crippen LogP contribution in [-0.4, -0.2) is 15.0 Å². The number of anilines is 5. The average Bonchev–Trinajstić information content (AvgIpc) is 3.01. The number of rotatable bonds is 4. The Morgan fingerprint density at radius 2 is 1.91 bits per heavy atom. The van der Waals surface area contributed by atoms with Crippen LogP contribution in [-0.2, 0) is 0 Å². The Morgan fingerprint density at radius 3 is 2.64 bits per heavy atom. The van der Waals surface area contributed by atoms with Crippen molar-refractivity contribution in [3.05, 3.63) is 46.7 Å². The van der Waals surface area contributed by atoms with E-state index in [-0.39, 0.29) is 0 Å². The van der Waals surface area contributed by atoms with E-state index >= 15 is 0 Å². The van der Waals surface area contributed by atoms with Gasteiger partial charge in [0.15, 0.2) is 16.8 Å². The molecule has 0 amide bonds. The zero-order valence-electron chi connectivity index (χ0n) is 11.7. The summed E-state index contributed by atoms with van der Waals surface area (Å²) in [4.78, 5) is 12.5. The fourth-order valence-corrected chi connectivity index (χ4v) is 2.55. The van der Waals surface area contributed by atoms with E-state index < -0.39 is 0 Å². The van der Waals surface area contributed by atoms with E-state index in [1.54, 1.807) is 6.20 Å². The van der Waals surface area contributed by atoms with Crippen LogP contribution < -0.4 is 16.4 Å². The second kappa shape index (κ2) is 6.17. The van der Waals surface area contributed by atoms with E-state index in [9.17, 15) is 0 Å². The summed E-state index contributed by atoms with van der Waals surface area (Å²) in [6.07, 6.45) is 3.15. The van der Waals surface area contributed by atoms with Gasteiger partial charge in [-0.1, -0.05) is 17.7 Å². The fraction of sp³-hybridized carbons (Fsp3) is 0.0714. The van der Waals surface area contributed by atoms with Crippen molar-refractivity contribution in [3.8, 4) is 0 Å². The zero-order chi connectivity index (χ0) is 15.5. The first kappa shape index (κ1) is 14.6. The van der Waals surface area contributed by atoms with Gasteiger partial charge in [-0.25, -0.2) is 15.0 Å². The van der Waals surface area contributed by atoms with Crippen LogP contribution in [0, 0.1) is 6.92 Å². The zero-order valence-corrected chi connectivity index (χ0v) is 13.2. The summed E-state index contributed by atoms with van der Waals surface area (Å²) < 4.78 is 0. The predicted molar refractivity (Wildman–Crippen MR) is 91.3 cm³/mol. The average molecular weight is 333 g/mol. The number of benzene rings is 1. The van der Waals surface area contributed by atoms with E-state index in [1.807, 2.05) is 30.5 Å². The maximum Gasteiger partial charge on any atom is 0.188 e. The number of nitrogens with zero attached hydrogens (tertiary/aromatic N) is 3. The molecule has 0 aliphatic carbocycles. The highest BCUT2D eigenvalue weighted by atomic mass is 35.5. The number of nitrogen functional groups attached to an aromatic ring is 1. The molecule has 2 heterocycles. The molecule has 2 aromatic heterocycles. The van der Waals surface area contributed by atoms with Crippen molar-refractivity contribution >= 4 is 51.1 Å². The van der Waals surface area contributed by atoms with Crippen molar-refractivity contribution in [1.82, 2.24) is 15.0 Å². The van der Waals surface area contributed by atoms with Gasteiger partial charge >= 0.3 is 0 Å². The number of aromatic nitrogens is 3. The molecule has 0 spiro atoms. The maximum absolute atomic E-state index is 6.13. The van der Waals surface area contributed by atoms with Crippen molar-refractivity contribution in [2.45, 2.75) is 6.92 Å². The highest BCUT2D eigenvalue weighted by Crippen LogP contribution is 2.31. The monoisotopic (exact) mass is 332 g/mol. The lowest BCUT2D eigenvalue weighted by Crippen LogP contribution is -2.05. The Balaban J connectivity index is 1.90. The van der Waals surface area contributed by atoms with E-state index in [2.05, 4.69) is 25.6 Å². The van der Waals surface area contributed by atoms with Gasteiger partial charge in [0.25, 0.3) is 0 Å². The Morgan fingerprint density at radius 1 is 1.14 bits per heavy atom. The molecule has 3 aromatic rings. The molecule has 112 valence electrons. The molecule has 0 atom stereocenters. The van der Waals surface area contributed by atoms with Gasteiger partial charge in [-0.3, -0.25) is 0 Å². The number of hydrogen-bond acceptors (Lipinski definition) is 7. The van der Waals surface area contributed by atoms with Crippen LogP contribution in [0.4, 0.5) is 28.1 Å². The van der Waals surface area contributed by atoms with Crippen LogP contribution in [0.2, 0.25) is 5.02 Å². The lowest BCUT2D eigenvalue weighted by atomic mass is 10.2. The molecule has 0 saturated carbocycles. The van der Waals surface area contributed by atoms with Crippen LogP contribution >= 0.6 is 22.9 Å². The fourth-order valence-electron chi connectivity index (χ4n) is 1.85. The summed E-state index contributed by atoms with van der Waals surface area (Å²) in [6.45, 7) is 1.93. The molecule has 3 rings (SSSR count). The quantitative estimate of drug-likeness (QED) is 0.670. The third-order valence-electron chi connectivity index (χ3n) is 3.06.